The third-order valence-electron chi connectivity index (χ3n) is 4.17. The molecular weight excluding hydrogens is 352 g/mol. The SMILES string of the molecule is CC(C)S(=O)(=O)NCC1CCCN(C(=O)Nc2ccc(F)cc2F)C1. The van der Waals surface area contributed by atoms with Crippen LogP contribution in [0.5, 0.6) is 0 Å². The predicted molar refractivity (Wildman–Crippen MR) is 91.7 cm³/mol. The molecule has 1 aromatic rings. The van der Waals surface area contributed by atoms with Crippen molar-refractivity contribution in [2.75, 3.05) is 25.0 Å². The molecule has 1 atom stereocenters. The number of rotatable bonds is 5. The minimum absolute atomic E-state index is 0.00825. The maximum Gasteiger partial charge on any atom is 0.321 e. The lowest BCUT2D eigenvalue weighted by Crippen LogP contribution is -2.46. The maximum atomic E-state index is 13.6. The molecule has 1 fully saturated rings. The van der Waals surface area contributed by atoms with E-state index in [-0.39, 0.29) is 18.2 Å². The average Bonchev–Trinajstić information content (AvgIpc) is 2.55. The molecule has 0 spiro atoms. The van der Waals surface area contributed by atoms with E-state index in [4.69, 9.17) is 0 Å². The standard InChI is InChI=1S/C16H23F2N3O3S/c1-11(2)25(23,24)19-9-12-4-3-7-21(10-12)16(22)20-15-6-5-13(17)8-14(15)18/h5-6,8,11-12,19H,3-4,7,9-10H2,1-2H3,(H,20,22). The number of halogens is 2. The van der Waals surface area contributed by atoms with Gasteiger partial charge in [0.25, 0.3) is 0 Å². The Bertz CT molecular complexity index is 725. The third-order valence-corrected chi connectivity index (χ3v) is 5.98. The van der Waals surface area contributed by atoms with Crippen molar-refractivity contribution >= 4 is 21.7 Å². The molecule has 0 aromatic heterocycles. The highest BCUT2D eigenvalue weighted by molar-refractivity contribution is 7.90. The van der Waals surface area contributed by atoms with Gasteiger partial charge in [-0.3, -0.25) is 0 Å². The fourth-order valence-corrected chi connectivity index (χ4v) is 3.40. The molecule has 140 valence electrons. The van der Waals surface area contributed by atoms with Crippen molar-refractivity contribution < 1.29 is 22.0 Å². The number of hydrogen-bond acceptors (Lipinski definition) is 3. The van der Waals surface area contributed by atoms with Crippen LogP contribution in [-0.4, -0.2) is 44.2 Å². The molecule has 1 heterocycles. The van der Waals surface area contributed by atoms with Crippen LogP contribution in [0.3, 0.4) is 0 Å². The van der Waals surface area contributed by atoms with Crippen molar-refractivity contribution in [3.63, 3.8) is 0 Å². The van der Waals surface area contributed by atoms with E-state index in [2.05, 4.69) is 10.0 Å². The van der Waals surface area contributed by atoms with E-state index in [0.717, 1.165) is 18.9 Å². The first kappa shape index (κ1) is 19.6. The zero-order valence-electron chi connectivity index (χ0n) is 14.3. The molecule has 0 bridgehead atoms. The van der Waals surface area contributed by atoms with Gasteiger partial charge in [0, 0.05) is 25.7 Å². The molecule has 6 nitrogen and oxygen atoms in total. The molecule has 1 aliphatic heterocycles. The Hall–Kier alpha value is -1.74. The summed E-state index contributed by atoms with van der Waals surface area (Å²) in [5.41, 5.74) is -0.0889. The summed E-state index contributed by atoms with van der Waals surface area (Å²) in [4.78, 5) is 13.8. The number of nitrogens with one attached hydrogen (secondary N) is 2. The largest absolute Gasteiger partial charge is 0.324 e. The lowest BCUT2D eigenvalue weighted by molar-refractivity contribution is 0.178. The second-order valence-corrected chi connectivity index (χ2v) is 8.77. The van der Waals surface area contributed by atoms with Gasteiger partial charge in [0.2, 0.25) is 10.0 Å². The molecule has 1 aromatic carbocycles. The average molecular weight is 375 g/mol. The molecule has 1 aliphatic rings. The van der Waals surface area contributed by atoms with Gasteiger partial charge in [0.05, 0.1) is 10.9 Å². The van der Waals surface area contributed by atoms with Crippen LogP contribution < -0.4 is 10.0 Å². The van der Waals surface area contributed by atoms with Gasteiger partial charge >= 0.3 is 6.03 Å². The van der Waals surface area contributed by atoms with Crippen molar-refractivity contribution in [2.45, 2.75) is 31.9 Å². The van der Waals surface area contributed by atoms with Gasteiger partial charge in [-0.1, -0.05) is 0 Å². The Morgan fingerprint density at radius 1 is 1.36 bits per heavy atom. The van der Waals surface area contributed by atoms with Crippen LogP contribution in [0.2, 0.25) is 0 Å². The Morgan fingerprint density at radius 3 is 2.72 bits per heavy atom. The second kappa shape index (κ2) is 8.09. The number of benzene rings is 1. The molecule has 0 radical (unpaired) electrons. The van der Waals surface area contributed by atoms with E-state index in [0.29, 0.717) is 19.2 Å². The zero-order chi connectivity index (χ0) is 18.6. The highest BCUT2D eigenvalue weighted by Crippen LogP contribution is 2.19. The molecule has 1 saturated heterocycles. The Balaban J connectivity index is 1.92. The Morgan fingerprint density at radius 2 is 2.08 bits per heavy atom. The highest BCUT2D eigenvalue weighted by Gasteiger charge is 2.26. The molecule has 0 saturated carbocycles. The van der Waals surface area contributed by atoms with Crippen molar-refractivity contribution in [2.24, 2.45) is 5.92 Å². The summed E-state index contributed by atoms with van der Waals surface area (Å²) in [7, 11) is -3.35. The van der Waals surface area contributed by atoms with Crippen LogP contribution in [0.1, 0.15) is 26.7 Å². The number of urea groups is 1. The summed E-state index contributed by atoms with van der Waals surface area (Å²) < 4.78 is 52.7. The quantitative estimate of drug-likeness (QED) is 0.830. The first-order chi connectivity index (χ1) is 11.7. The molecule has 1 unspecified atom stereocenters. The number of hydrogen-bond donors (Lipinski definition) is 2. The summed E-state index contributed by atoms with van der Waals surface area (Å²) in [6.07, 6.45) is 1.53. The minimum Gasteiger partial charge on any atom is -0.324 e. The smallest absolute Gasteiger partial charge is 0.321 e. The van der Waals surface area contributed by atoms with E-state index in [9.17, 15) is 22.0 Å². The highest BCUT2D eigenvalue weighted by atomic mass is 32.2. The fraction of sp³-hybridized carbons (Fsp3) is 0.562. The normalized spacial score (nSPS) is 18.4. The molecule has 2 N–H and O–H groups in total. The van der Waals surface area contributed by atoms with Crippen LogP contribution >= 0.6 is 0 Å². The molecule has 2 rings (SSSR count). The van der Waals surface area contributed by atoms with E-state index in [1.54, 1.807) is 13.8 Å². The number of likely N-dealkylation sites (tertiary alicyclic amines) is 1. The number of nitrogens with zero attached hydrogens (tertiary/aromatic N) is 1. The van der Waals surface area contributed by atoms with E-state index < -0.39 is 32.9 Å². The van der Waals surface area contributed by atoms with Crippen molar-refractivity contribution in [3.8, 4) is 0 Å². The van der Waals surface area contributed by atoms with Crippen molar-refractivity contribution in [1.29, 1.82) is 0 Å². The van der Waals surface area contributed by atoms with Crippen LogP contribution in [0.4, 0.5) is 19.3 Å². The Kier molecular flexibility index (Phi) is 6.34. The summed E-state index contributed by atoms with van der Waals surface area (Å²) in [5, 5.41) is 1.91. The van der Waals surface area contributed by atoms with Crippen LogP contribution in [-0.2, 0) is 10.0 Å². The molecule has 9 heteroatoms. The van der Waals surface area contributed by atoms with Crippen molar-refractivity contribution in [3.05, 3.63) is 29.8 Å². The first-order valence-electron chi connectivity index (χ1n) is 8.18. The monoisotopic (exact) mass is 375 g/mol. The van der Waals surface area contributed by atoms with Gasteiger partial charge in [-0.2, -0.15) is 0 Å². The number of carbonyl (C=O) groups is 1. The molecular formula is C16H23F2N3O3S. The van der Waals surface area contributed by atoms with E-state index >= 15 is 0 Å². The van der Waals surface area contributed by atoms with Gasteiger partial charge in [0.15, 0.2) is 0 Å². The second-order valence-electron chi connectivity index (χ2n) is 6.45. The molecule has 0 aliphatic carbocycles. The van der Waals surface area contributed by atoms with Crippen LogP contribution in [0.15, 0.2) is 18.2 Å². The number of amides is 2. The lowest BCUT2D eigenvalue weighted by Gasteiger charge is -2.33. The minimum atomic E-state index is -3.35. The van der Waals surface area contributed by atoms with Gasteiger partial charge < -0.3 is 10.2 Å². The van der Waals surface area contributed by atoms with Gasteiger partial charge in [-0.25, -0.2) is 26.7 Å². The zero-order valence-corrected chi connectivity index (χ0v) is 15.1. The number of piperidine rings is 1. The third kappa shape index (κ3) is 5.37. The Labute approximate surface area is 146 Å². The number of sulfonamides is 1. The topological polar surface area (TPSA) is 78.5 Å². The van der Waals surface area contributed by atoms with E-state index in [1.807, 2.05) is 0 Å². The molecule has 25 heavy (non-hydrogen) atoms. The first-order valence-corrected chi connectivity index (χ1v) is 9.73. The molecule has 2 amide bonds. The number of carbonyl (C=O) groups excluding carboxylic acids is 1. The fourth-order valence-electron chi connectivity index (χ4n) is 2.60. The maximum absolute atomic E-state index is 13.6. The van der Waals surface area contributed by atoms with Crippen molar-refractivity contribution in [1.82, 2.24) is 9.62 Å². The van der Waals surface area contributed by atoms with E-state index in [1.165, 1.54) is 11.0 Å². The summed E-state index contributed by atoms with van der Waals surface area (Å²) in [6.45, 7) is 4.33. The summed E-state index contributed by atoms with van der Waals surface area (Å²) >= 11 is 0. The summed E-state index contributed by atoms with van der Waals surface area (Å²) in [6, 6.07) is 2.45. The van der Waals surface area contributed by atoms with Gasteiger partial charge in [-0.15, -0.1) is 0 Å². The lowest BCUT2D eigenvalue weighted by atomic mass is 9.99. The van der Waals surface area contributed by atoms with Crippen LogP contribution in [0.25, 0.3) is 0 Å². The summed E-state index contributed by atoms with van der Waals surface area (Å²) in [5.74, 6) is -1.57. The predicted octanol–water partition coefficient (Wildman–Crippen LogP) is 2.54. The van der Waals surface area contributed by atoms with Crippen LogP contribution in [0, 0.1) is 17.6 Å². The number of anilines is 1. The van der Waals surface area contributed by atoms with Gasteiger partial charge in [-0.05, 0) is 44.7 Å². The van der Waals surface area contributed by atoms with Gasteiger partial charge in [0.1, 0.15) is 11.6 Å².